The zero-order chi connectivity index (χ0) is 16.7. The molecule has 118 valence electrons. The molecule has 23 heavy (non-hydrogen) atoms. The van der Waals surface area contributed by atoms with E-state index in [9.17, 15) is 14.7 Å². The van der Waals surface area contributed by atoms with Gasteiger partial charge in [-0.25, -0.2) is 0 Å². The van der Waals surface area contributed by atoms with E-state index in [1.807, 2.05) is 6.92 Å². The maximum absolute atomic E-state index is 12.7. The number of nitrogens with one attached hydrogen (secondary N) is 1. The van der Waals surface area contributed by atoms with Gasteiger partial charge in [-0.2, -0.15) is 0 Å². The molecule has 0 spiro atoms. The lowest BCUT2D eigenvalue weighted by molar-refractivity contribution is 0.0977. The number of carbonyl (C=O) groups excluding carboxylic acids is 2. The van der Waals surface area contributed by atoms with Gasteiger partial charge in [0.15, 0.2) is 11.6 Å². The predicted molar refractivity (Wildman–Crippen MR) is 87.7 cm³/mol. The van der Waals surface area contributed by atoms with Crippen molar-refractivity contribution in [3.05, 3.63) is 52.6 Å². The van der Waals surface area contributed by atoms with Crippen LogP contribution in [0.1, 0.15) is 45.2 Å². The van der Waals surface area contributed by atoms with Crippen molar-refractivity contribution in [2.75, 3.05) is 11.1 Å². The van der Waals surface area contributed by atoms with Crippen molar-refractivity contribution in [1.29, 1.82) is 0 Å². The van der Waals surface area contributed by atoms with Gasteiger partial charge in [0.2, 0.25) is 0 Å². The number of nitrogens with two attached hydrogens (primary N) is 2. The number of benzene rings is 2. The standard InChI is InChI=1S/C17H17N3O3/c1-2-12(18)20-10-7-11(21)13-14(15(10)19)17(23)9-6-4-3-5-8(9)16(13)22/h3-7,12,20-21H,2,18-19H2,1H3. The summed E-state index contributed by atoms with van der Waals surface area (Å²) < 4.78 is 0. The highest BCUT2D eigenvalue weighted by Crippen LogP contribution is 2.40. The Morgan fingerprint density at radius 3 is 2.26 bits per heavy atom. The van der Waals surface area contributed by atoms with Crippen LogP contribution >= 0.6 is 0 Å². The Hall–Kier alpha value is -2.86. The van der Waals surface area contributed by atoms with Gasteiger partial charge in [0.05, 0.1) is 28.7 Å². The highest BCUT2D eigenvalue weighted by Gasteiger charge is 2.34. The molecular weight excluding hydrogens is 294 g/mol. The van der Waals surface area contributed by atoms with Crippen molar-refractivity contribution >= 4 is 22.9 Å². The van der Waals surface area contributed by atoms with E-state index in [0.29, 0.717) is 12.1 Å². The van der Waals surface area contributed by atoms with Gasteiger partial charge in [-0.15, -0.1) is 0 Å². The van der Waals surface area contributed by atoms with E-state index in [1.165, 1.54) is 6.07 Å². The molecule has 0 radical (unpaired) electrons. The van der Waals surface area contributed by atoms with Gasteiger partial charge in [0, 0.05) is 17.2 Å². The molecule has 6 N–H and O–H groups in total. The third-order valence-corrected chi connectivity index (χ3v) is 4.00. The van der Waals surface area contributed by atoms with Crippen molar-refractivity contribution < 1.29 is 14.7 Å². The first-order valence-corrected chi connectivity index (χ1v) is 7.31. The molecule has 1 unspecified atom stereocenters. The van der Waals surface area contributed by atoms with Gasteiger partial charge < -0.3 is 21.9 Å². The summed E-state index contributed by atoms with van der Waals surface area (Å²) in [4.78, 5) is 25.3. The van der Waals surface area contributed by atoms with Crippen molar-refractivity contribution in [3.8, 4) is 5.75 Å². The molecule has 0 aromatic heterocycles. The first-order chi connectivity index (χ1) is 11.0. The van der Waals surface area contributed by atoms with Gasteiger partial charge in [-0.05, 0) is 6.42 Å². The van der Waals surface area contributed by atoms with E-state index in [2.05, 4.69) is 5.32 Å². The van der Waals surface area contributed by atoms with Crippen LogP contribution in [0.25, 0.3) is 0 Å². The lowest BCUT2D eigenvalue weighted by atomic mass is 9.82. The summed E-state index contributed by atoms with van der Waals surface area (Å²) in [5, 5.41) is 13.2. The van der Waals surface area contributed by atoms with Crippen molar-refractivity contribution in [3.63, 3.8) is 0 Å². The summed E-state index contributed by atoms with van der Waals surface area (Å²) in [6.07, 6.45) is 0.254. The Labute approximate surface area is 133 Å². The summed E-state index contributed by atoms with van der Waals surface area (Å²) in [7, 11) is 0. The van der Waals surface area contributed by atoms with Gasteiger partial charge in [-0.3, -0.25) is 9.59 Å². The molecule has 1 aliphatic rings. The van der Waals surface area contributed by atoms with Crippen LogP contribution in [0.3, 0.4) is 0 Å². The second kappa shape index (κ2) is 5.40. The first-order valence-electron chi connectivity index (χ1n) is 7.31. The average molecular weight is 311 g/mol. The number of fused-ring (bicyclic) bond motifs is 2. The Bertz CT molecular complexity index is 830. The molecule has 2 aromatic carbocycles. The molecule has 0 amide bonds. The molecule has 0 bridgehead atoms. The lowest BCUT2D eigenvalue weighted by Crippen LogP contribution is -2.30. The maximum Gasteiger partial charge on any atom is 0.198 e. The SMILES string of the molecule is CCC(N)Nc1cc(O)c2c(c1N)C(=O)c1ccccc1C2=O. The van der Waals surface area contributed by atoms with E-state index < -0.39 is 5.78 Å². The highest BCUT2D eigenvalue weighted by molar-refractivity contribution is 6.31. The number of phenols is 1. The van der Waals surface area contributed by atoms with E-state index in [-0.39, 0.29) is 45.6 Å². The third-order valence-electron chi connectivity index (χ3n) is 4.00. The summed E-state index contributed by atoms with van der Waals surface area (Å²) in [5.74, 6) is -1.07. The number of hydrogen-bond acceptors (Lipinski definition) is 6. The summed E-state index contributed by atoms with van der Waals surface area (Å²) in [5.41, 5.74) is 12.9. The molecule has 1 atom stereocenters. The van der Waals surface area contributed by atoms with Crippen molar-refractivity contribution in [2.24, 2.45) is 5.73 Å². The molecule has 0 heterocycles. The van der Waals surface area contributed by atoms with E-state index in [0.717, 1.165) is 0 Å². The molecule has 6 nitrogen and oxygen atoms in total. The molecular formula is C17H17N3O3. The summed E-state index contributed by atoms with van der Waals surface area (Å²) in [6, 6.07) is 7.83. The number of aromatic hydroxyl groups is 1. The number of hydrogen-bond donors (Lipinski definition) is 4. The molecule has 6 heteroatoms. The van der Waals surface area contributed by atoms with Crippen LogP contribution in [0.15, 0.2) is 30.3 Å². The minimum Gasteiger partial charge on any atom is -0.507 e. The quantitative estimate of drug-likeness (QED) is 0.333. The summed E-state index contributed by atoms with van der Waals surface area (Å²) in [6.45, 7) is 1.89. The van der Waals surface area contributed by atoms with Crippen molar-refractivity contribution in [2.45, 2.75) is 19.5 Å². The predicted octanol–water partition coefficient (Wildman–Crippen LogP) is 1.86. The number of carbonyl (C=O) groups is 2. The van der Waals surface area contributed by atoms with Crippen LogP contribution in [0, 0.1) is 0 Å². The van der Waals surface area contributed by atoms with E-state index >= 15 is 0 Å². The number of ketones is 2. The number of rotatable bonds is 3. The van der Waals surface area contributed by atoms with E-state index in [1.54, 1.807) is 24.3 Å². The second-order valence-electron chi connectivity index (χ2n) is 5.47. The Kier molecular flexibility index (Phi) is 3.54. The minimum atomic E-state index is -0.411. The fourth-order valence-corrected chi connectivity index (χ4v) is 2.72. The van der Waals surface area contributed by atoms with Gasteiger partial charge in [-0.1, -0.05) is 31.2 Å². The normalized spacial score (nSPS) is 14.2. The molecule has 0 aliphatic heterocycles. The molecule has 0 saturated heterocycles. The lowest BCUT2D eigenvalue weighted by Gasteiger charge is -2.23. The van der Waals surface area contributed by atoms with E-state index in [4.69, 9.17) is 11.5 Å². The Morgan fingerprint density at radius 1 is 1.13 bits per heavy atom. The Morgan fingerprint density at radius 2 is 1.70 bits per heavy atom. The second-order valence-corrected chi connectivity index (χ2v) is 5.47. The fraction of sp³-hybridized carbons (Fsp3) is 0.176. The first kappa shape index (κ1) is 15.1. The highest BCUT2D eigenvalue weighted by atomic mass is 16.3. The number of phenolic OH excluding ortho intramolecular Hbond substituents is 1. The number of anilines is 2. The molecule has 0 saturated carbocycles. The van der Waals surface area contributed by atoms with Crippen LogP contribution in [0.2, 0.25) is 0 Å². The van der Waals surface area contributed by atoms with Crippen LogP contribution in [0.4, 0.5) is 11.4 Å². The molecule has 1 aliphatic carbocycles. The Balaban J connectivity index is 2.22. The zero-order valence-corrected chi connectivity index (χ0v) is 12.6. The third kappa shape index (κ3) is 2.24. The van der Waals surface area contributed by atoms with Crippen LogP contribution in [0.5, 0.6) is 5.75 Å². The van der Waals surface area contributed by atoms with Gasteiger partial charge >= 0.3 is 0 Å². The van der Waals surface area contributed by atoms with Crippen LogP contribution < -0.4 is 16.8 Å². The summed E-state index contributed by atoms with van der Waals surface area (Å²) >= 11 is 0. The monoisotopic (exact) mass is 311 g/mol. The van der Waals surface area contributed by atoms with Crippen LogP contribution in [-0.4, -0.2) is 22.8 Å². The number of nitrogen functional groups attached to an aromatic ring is 1. The van der Waals surface area contributed by atoms with Gasteiger partial charge in [0.1, 0.15) is 5.75 Å². The maximum atomic E-state index is 12.7. The largest absolute Gasteiger partial charge is 0.507 e. The fourth-order valence-electron chi connectivity index (χ4n) is 2.72. The van der Waals surface area contributed by atoms with Crippen LogP contribution in [-0.2, 0) is 0 Å². The molecule has 3 rings (SSSR count). The minimum absolute atomic E-state index is 0.0273. The molecule has 2 aromatic rings. The molecule has 0 fully saturated rings. The topological polar surface area (TPSA) is 118 Å². The van der Waals surface area contributed by atoms with Gasteiger partial charge in [0.25, 0.3) is 0 Å². The van der Waals surface area contributed by atoms with Crippen molar-refractivity contribution in [1.82, 2.24) is 0 Å². The average Bonchev–Trinajstić information content (AvgIpc) is 2.55. The smallest absolute Gasteiger partial charge is 0.198 e. The zero-order valence-electron chi connectivity index (χ0n) is 12.6.